The SMILES string of the molecule is COc1ccc(C(=O)/C=C(\C)Nc2ccc(N=Nc3ccccc3)cc2)cc1. The summed E-state index contributed by atoms with van der Waals surface area (Å²) in [6.45, 7) is 1.85. The van der Waals surface area contributed by atoms with Crippen LogP contribution >= 0.6 is 0 Å². The van der Waals surface area contributed by atoms with E-state index in [1.54, 1.807) is 37.5 Å². The standard InChI is InChI=1S/C23H21N3O2/c1-17(16-23(27)18-8-14-22(28-2)15-9-18)24-19-10-12-21(13-11-19)26-25-20-6-4-3-5-7-20/h3-16,24H,1-2H3/b17-16+,26-25?. The molecule has 3 aromatic rings. The van der Waals surface area contributed by atoms with E-state index < -0.39 is 0 Å². The van der Waals surface area contributed by atoms with Crippen molar-refractivity contribution in [2.45, 2.75) is 6.92 Å². The smallest absolute Gasteiger partial charge is 0.187 e. The number of ketones is 1. The molecule has 0 radical (unpaired) electrons. The van der Waals surface area contributed by atoms with Crippen molar-refractivity contribution >= 4 is 22.8 Å². The van der Waals surface area contributed by atoms with Crippen LogP contribution in [-0.2, 0) is 0 Å². The molecule has 0 bridgehead atoms. The minimum Gasteiger partial charge on any atom is -0.497 e. The lowest BCUT2D eigenvalue weighted by Crippen LogP contribution is -2.01. The maximum atomic E-state index is 12.3. The van der Waals surface area contributed by atoms with E-state index in [0.29, 0.717) is 5.56 Å². The molecule has 0 spiro atoms. The third kappa shape index (κ3) is 5.38. The molecule has 0 saturated heterocycles. The predicted octanol–water partition coefficient (Wildman–Crippen LogP) is 6.31. The number of hydrogen-bond acceptors (Lipinski definition) is 5. The number of allylic oxidation sites excluding steroid dienone is 2. The van der Waals surface area contributed by atoms with Crippen molar-refractivity contribution in [1.82, 2.24) is 0 Å². The topological polar surface area (TPSA) is 63.0 Å². The molecule has 1 N–H and O–H groups in total. The zero-order chi connectivity index (χ0) is 19.8. The van der Waals surface area contributed by atoms with E-state index in [2.05, 4.69) is 15.5 Å². The summed E-state index contributed by atoms with van der Waals surface area (Å²) in [5, 5.41) is 11.6. The molecule has 0 aromatic heterocycles. The number of benzene rings is 3. The first kappa shape index (κ1) is 19.0. The average Bonchev–Trinajstić information content (AvgIpc) is 2.74. The number of methoxy groups -OCH3 is 1. The number of nitrogens with zero attached hydrogens (tertiary/aromatic N) is 2. The molecule has 0 aliphatic rings. The molecule has 0 saturated carbocycles. The van der Waals surface area contributed by atoms with E-state index in [9.17, 15) is 4.79 Å². The fourth-order valence-electron chi connectivity index (χ4n) is 2.52. The third-order valence-corrected chi connectivity index (χ3v) is 3.97. The molecule has 3 aromatic carbocycles. The van der Waals surface area contributed by atoms with Gasteiger partial charge in [-0.3, -0.25) is 4.79 Å². The van der Waals surface area contributed by atoms with Crippen molar-refractivity contribution in [2.75, 3.05) is 12.4 Å². The number of azo groups is 1. The van der Waals surface area contributed by atoms with Gasteiger partial charge in [0.15, 0.2) is 5.78 Å². The molecule has 5 heteroatoms. The van der Waals surface area contributed by atoms with E-state index in [4.69, 9.17) is 4.74 Å². The molecule has 0 unspecified atom stereocenters. The fraction of sp³-hybridized carbons (Fsp3) is 0.0870. The minimum atomic E-state index is -0.0686. The van der Waals surface area contributed by atoms with Gasteiger partial charge >= 0.3 is 0 Å². The normalized spacial score (nSPS) is 11.4. The number of carbonyl (C=O) groups is 1. The van der Waals surface area contributed by atoms with Crippen LogP contribution in [0, 0.1) is 0 Å². The first-order valence-corrected chi connectivity index (χ1v) is 8.84. The highest BCUT2D eigenvalue weighted by molar-refractivity contribution is 6.05. The second kappa shape index (κ2) is 9.28. The summed E-state index contributed by atoms with van der Waals surface area (Å²) in [4.78, 5) is 12.3. The number of carbonyl (C=O) groups excluding carboxylic acids is 1. The Balaban J connectivity index is 1.61. The van der Waals surface area contributed by atoms with Crippen LogP contribution in [0.4, 0.5) is 17.1 Å². The Morgan fingerprint density at radius 1 is 0.857 bits per heavy atom. The van der Waals surface area contributed by atoms with Gasteiger partial charge in [-0.2, -0.15) is 10.2 Å². The monoisotopic (exact) mass is 371 g/mol. The first-order chi connectivity index (χ1) is 13.6. The summed E-state index contributed by atoms with van der Waals surface area (Å²) in [5.41, 5.74) is 3.79. The number of nitrogens with one attached hydrogen (secondary N) is 1. The Morgan fingerprint density at radius 3 is 2.07 bits per heavy atom. The van der Waals surface area contributed by atoms with Crippen molar-refractivity contribution in [3.8, 4) is 5.75 Å². The molecule has 0 aliphatic carbocycles. The average molecular weight is 371 g/mol. The van der Waals surface area contributed by atoms with Gasteiger partial charge in [0.25, 0.3) is 0 Å². The van der Waals surface area contributed by atoms with E-state index in [0.717, 1.165) is 28.5 Å². The van der Waals surface area contributed by atoms with Crippen molar-refractivity contribution in [3.63, 3.8) is 0 Å². The van der Waals surface area contributed by atoms with Gasteiger partial charge in [0.05, 0.1) is 18.5 Å². The molecule has 5 nitrogen and oxygen atoms in total. The lowest BCUT2D eigenvalue weighted by Gasteiger charge is -2.07. The van der Waals surface area contributed by atoms with Crippen LogP contribution in [-0.4, -0.2) is 12.9 Å². The molecule has 0 atom stereocenters. The van der Waals surface area contributed by atoms with Crippen molar-refractivity contribution in [1.29, 1.82) is 0 Å². The van der Waals surface area contributed by atoms with E-state index in [1.165, 1.54) is 0 Å². The summed E-state index contributed by atoms with van der Waals surface area (Å²) >= 11 is 0. The molecule has 140 valence electrons. The van der Waals surface area contributed by atoms with Crippen LogP contribution in [0.25, 0.3) is 0 Å². The van der Waals surface area contributed by atoms with Crippen molar-refractivity contribution in [2.24, 2.45) is 10.2 Å². The second-order valence-corrected chi connectivity index (χ2v) is 6.13. The number of ether oxygens (including phenoxy) is 1. The van der Waals surface area contributed by atoms with Crippen molar-refractivity contribution in [3.05, 3.63) is 96.2 Å². The molecular formula is C23H21N3O2. The third-order valence-electron chi connectivity index (χ3n) is 3.97. The largest absolute Gasteiger partial charge is 0.497 e. The minimum absolute atomic E-state index is 0.0686. The summed E-state index contributed by atoms with van der Waals surface area (Å²) in [7, 11) is 1.60. The van der Waals surface area contributed by atoms with Gasteiger partial charge < -0.3 is 10.1 Å². The summed E-state index contributed by atoms with van der Waals surface area (Å²) < 4.78 is 5.11. The van der Waals surface area contributed by atoms with Gasteiger partial charge in [-0.1, -0.05) is 18.2 Å². The number of rotatable bonds is 7. The van der Waals surface area contributed by atoms with Crippen LogP contribution in [0.3, 0.4) is 0 Å². The quantitative estimate of drug-likeness (QED) is 0.301. The summed E-state index contributed by atoms with van der Waals surface area (Å²) in [6, 6.07) is 24.1. The maximum Gasteiger partial charge on any atom is 0.187 e. The van der Waals surface area contributed by atoms with Crippen LogP contribution in [0.15, 0.2) is 101 Å². The Labute approximate surface area is 164 Å². The van der Waals surface area contributed by atoms with Crippen molar-refractivity contribution < 1.29 is 9.53 Å². The van der Waals surface area contributed by atoms with E-state index >= 15 is 0 Å². The highest BCUT2D eigenvalue weighted by Crippen LogP contribution is 2.21. The Bertz CT molecular complexity index is 977. The molecule has 0 amide bonds. The van der Waals surface area contributed by atoms with E-state index in [-0.39, 0.29) is 5.78 Å². The van der Waals surface area contributed by atoms with Gasteiger partial charge in [-0.15, -0.1) is 0 Å². The van der Waals surface area contributed by atoms with Crippen LogP contribution in [0.2, 0.25) is 0 Å². The molecule has 0 aliphatic heterocycles. The highest BCUT2D eigenvalue weighted by atomic mass is 16.5. The Hall–Kier alpha value is -3.73. The fourth-order valence-corrected chi connectivity index (χ4v) is 2.52. The lowest BCUT2D eigenvalue weighted by molar-refractivity contribution is 0.104. The first-order valence-electron chi connectivity index (χ1n) is 8.84. The molecule has 3 rings (SSSR count). The van der Waals surface area contributed by atoms with Crippen LogP contribution < -0.4 is 10.1 Å². The predicted molar refractivity (Wildman–Crippen MR) is 112 cm³/mol. The Kier molecular flexibility index (Phi) is 6.31. The van der Waals surface area contributed by atoms with Gasteiger partial charge in [0, 0.05) is 23.0 Å². The maximum absolute atomic E-state index is 12.3. The summed E-state index contributed by atoms with van der Waals surface area (Å²) in [6.07, 6.45) is 1.57. The van der Waals surface area contributed by atoms with Gasteiger partial charge in [0.1, 0.15) is 5.75 Å². The van der Waals surface area contributed by atoms with Gasteiger partial charge in [0.2, 0.25) is 0 Å². The molecule has 0 heterocycles. The highest BCUT2D eigenvalue weighted by Gasteiger charge is 2.04. The molecule has 28 heavy (non-hydrogen) atoms. The lowest BCUT2D eigenvalue weighted by atomic mass is 10.1. The zero-order valence-corrected chi connectivity index (χ0v) is 15.8. The Morgan fingerprint density at radius 2 is 1.46 bits per heavy atom. The molecular weight excluding hydrogens is 350 g/mol. The van der Waals surface area contributed by atoms with E-state index in [1.807, 2.05) is 61.5 Å². The van der Waals surface area contributed by atoms with Crippen LogP contribution in [0.5, 0.6) is 5.75 Å². The summed E-state index contributed by atoms with van der Waals surface area (Å²) in [5.74, 6) is 0.654. The van der Waals surface area contributed by atoms with Crippen LogP contribution in [0.1, 0.15) is 17.3 Å². The second-order valence-electron chi connectivity index (χ2n) is 6.13. The number of anilines is 1. The van der Waals surface area contributed by atoms with Gasteiger partial charge in [-0.05, 0) is 67.6 Å². The number of hydrogen-bond donors (Lipinski definition) is 1. The molecule has 0 fully saturated rings. The zero-order valence-electron chi connectivity index (χ0n) is 15.8. The van der Waals surface area contributed by atoms with Gasteiger partial charge in [-0.25, -0.2) is 0 Å².